The van der Waals surface area contributed by atoms with E-state index in [1.54, 1.807) is 0 Å². The summed E-state index contributed by atoms with van der Waals surface area (Å²) in [7, 11) is 0. The Morgan fingerprint density at radius 2 is 2.38 bits per heavy atom. The Kier molecular flexibility index (Phi) is 5.11. The smallest absolute Gasteiger partial charge is 0.214 e. The second-order valence-corrected chi connectivity index (χ2v) is 2.53. The lowest BCUT2D eigenvalue weighted by atomic mass is 10.6. The highest BCUT2D eigenvalue weighted by Crippen LogP contribution is 2.01. The lowest BCUT2D eigenvalue weighted by Gasteiger charge is -1.90. The van der Waals surface area contributed by atoms with E-state index in [-0.39, 0.29) is 11.7 Å². The standard InChI is InChI=1S/C5H10O2S/c1-2-3-8-5(7)4-6/h6H,2-4H2,1H3. The Bertz CT molecular complexity index is 72.8. The van der Waals surface area contributed by atoms with E-state index in [9.17, 15) is 4.79 Å². The summed E-state index contributed by atoms with van der Waals surface area (Å²) in [4.78, 5) is 10.3. The average Bonchev–Trinajstić information content (AvgIpc) is 1.83. The molecule has 0 aliphatic rings. The zero-order chi connectivity index (χ0) is 6.41. The second-order valence-electron chi connectivity index (χ2n) is 1.38. The molecule has 0 saturated heterocycles. The van der Waals surface area contributed by atoms with E-state index in [4.69, 9.17) is 5.11 Å². The predicted octanol–water partition coefficient (Wildman–Crippen LogP) is 0.649. The summed E-state index contributed by atoms with van der Waals surface area (Å²) >= 11 is 1.19. The zero-order valence-electron chi connectivity index (χ0n) is 4.89. The Balaban J connectivity index is 2.99. The van der Waals surface area contributed by atoms with Gasteiger partial charge in [-0.25, -0.2) is 0 Å². The molecule has 0 amide bonds. The third-order valence-corrected chi connectivity index (χ3v) is 1.66. The van der Waals surface area contributed by atoms with Gasteiger partial charge < -0.3 is 5.11 Å². The van der Waals surface area contributed by atoms with Gasteiger partial charge in [0.2, 0.25) is 5.12 Å². The van der Waals surface area contributed by atoms with Gasteiger partial charge in [0, 0.05) is 5.75 Å². The van der Waals surface area contributed by atoms with Crippen LogP contribution in [0.5, 0.6) is 0 Å². The van der Waals surface area contributed by atoms with Gasteiger partial charge in [-0.15, -0.1) is 0 Å². The zero-order valence-corrected chi connectivity index (χ0v) is 5.70. The third kappa shape index (κ3) is 4.15. The Hall–Kier alpha value is -0.0200. The lowest BCUT2D eigenvalue weighted by molar-refractivity contribution is -0.113. The molecule has 0 bridgehead atoms. The first-order valence-corrected chi connectivity index (χ1v) is 3.56. The molecule has 1 N–H and O–H groups in total. The maximum absolute atomic E-state index is 10.3. The molecule has 0 spiro atoms. The van der Waals surface area contributed by atoms with Gasteiger partial charge in [0.1, 0.15) is 6.61 Å². The number of hydrogen-bond donors (Lipinski definition) is 1. The van der Waals surface area contributed by atoms with Gasteiger partial charge in [0.05, 0.1) is 0 Å². The summed E-state index contributed by atoms with van der Waals surface area (Å²) in [5.41, 5.74) is 0. The van der Waals surface area contributed by atoms with Crippen molar-refractivity contribution in [3.8, 4) is 0 Å². The minimum absolute atomic E-state index is 0.133. The highest BCUT2D eigenvalue weighted by Gasteiger charge is 1.95. The van der Waals surface area contributed by atoms with Gasteiger partial charge in [-0.1, -0.05) is 18.7 Å². The highest BCUT2D eigenvalue weighted by molar-refractivity contribution is 8.13. The molecular formula is C5H10O2S. The molecule has 8 heavy (non-hydrogen) atoms. The van der Waals surface area contributed by atoms with E-state index in [1.165, 1.54) is 11.8 Å². The highest BCUT2D eigenvalue weighted by atomic mass is 32.2. The van der Waals surface area contributed by atoms with Crippen molar-refractivity contribution in [2.45, 2.75) is 13.3 Å². The molecule has 48 valence electrons. The van der Waals surface area contributed by atoms with Gasteiger partial charge in [-0.2, -0.15) is 0 Å². The fraction of sp³-hybridized carbons (Fsp3) is 0.800. The van der Waals surface area contributed by atoms with Crippen molar-refractivity contribution < 1.29 is 9.90 Å². The maximum atomic E-state index is 10.3. The van der Waals surface area contributed by atoms with Crippen molar-refractivity contribution in [2.24, 2.45) is 0 Å². The first-order valence-electron chi connectivity index (χ1n) is 2.57. The quantitative estimate of drug-likeness (QED) is 0.615. The minimum atomic E-state index is -0.329. The molecule has 0 radical (unpaired) electrons. The van der Waals surface area contributed by atoms with E-state index in [0.29, 0.717) is 0 Å². The number of thioether (sulfide) groups is 1. The third-order valence-electron chi connectivity index (χ3n) is 0.596. The van der Waals surface area contributed by atoms with Crippen LogP contribution in [-0.2, 0) is 4.79 Å². The first-order chi connectivity index (χ1) is 3.81. The van der Waals surface area contributed by atoms with Crippen LogP contribution < -0.4 is 0 Å². The molecule has 0 aliphatic carbocycles. The number of rotatable bonds is 3. The van der Waals surface area contributed by atoms with Crippen LogP contribution in [0.1, 0.15) is 13.3 Å². The van der Waals surface area contributed by atoms with Gasteiger partial charge in [-0.05, 0) is 6.42 Å². The molecule has 0 aromatic heterocycles. The van der Waals surface area contributed by atoms with Gasteiger partial charge in [-0.3, -0.25) is 4.79 Å². The fourth-order valence-electron chi connectivity index (χ4n) is 0.262. The van der Waals surface area contributed by atoms with Crippen molar-refractivity contribution in [1.82, 2.24) is 0 Å². The van der Waals surface area contributed by atoms with Crippen molar-refractivity contribution in [1.29, 1.82) is 0 Å². The SMILES string of the molecule is CCCSC(=O)CO. The number of aliphatic hydroxyl groups excluding tert-OH is 1. The Morgan fingerprint density at radius 1 is 1.75 bits per heavy atom. The van der Waals surface area contributed by atoms with Crippen LogP contribution >= 0.6 is 11.8 Å². The normalized spacial score (nSPS) is 9.25. The average molecular weight is 134 g/mol. The number of aliphatic hydroxyl groups is 1. The summed E-state index contributed by atoms with van der Waals surface area (Å²) in [6.45, 7) is 1.67. The van der Waals surface area contributed by atoms with Crippen LogP contribution in [0.3, 0.4) is 0 Å². The van der Waals surface area contributed by atoms with Crippen molar-refractivity contribution in [3.63, 3.8) is 0 Å². The minimum Gasteiger partial charge on any atom is -0.388 e. The molecule has 0 atom stereocenters. The molecule has 0 fully saturated rings. The largest absolute Gasteiger partial charge is 0.388 e. The van der Waals surface area contributed by atoms with E-state index < -0.39 is 0 Å². The van der Waals surface area contributed by atoms with Crippen molar-refractivity contribution >= 4 is 16.9 Å². The molecule has 0 saturated carbocycles. The summed E-state index contributed by atoms with van der Waals surface area (Å²) in [5, 5.41) is 8.06. The molecule has 0 aromatic carbocycles. The van der Waals surface area contributed by atoms with Gasteiger partial charge in [0.25, 0.3) is 0 Å². The van der Waals surface area contributed by atoms with Crippen LogP contribution in [-0.4, -0.2) is 22.6 Å². The maximum Gasteiger partial charge on any atom is 0.214 e. The second kappa shape index (κ2) is 5.12. The summed E-state index contributed by atoms with van der Waals surface area (Å²) in [6, 6.07) is 0. The van der Waals surface area contributed by atoms with E-state index >= 15 is 0 Å². The van der Waals surface area contributed by atoms with Crippen LogP contribution in [0.2, 0.25) is 0 Å². The summed E-state index contributed by atoms with van der Waals surface area (Å²) in [5.74, 6) is 0.819. The number of hydrogen-bond acceptors (Lipinski definition) is 3. The van der Waals surface area contributed by atoms with Crippen LogP contribution in [0, 0.1) is 0 Å². The van der Waals surface area contributed by atoms with E-state index in [2.05, 4.69) is 0 Å². The van der Waals surface area contributed by atoms with Crippen LogP contribution in [0.15, 0.2) is 0 Å². The topological polar surface area (TPSA) is 37.3 Å². The molecule has 0 unspecified atom stereocenters. The monoisotopic (exact) mass is 134 g/mol. The Morgan fingerprint density at radius 3 is 2.75 bits per heavy atom. The van der Waals surface area contributed by atoms with Gasteiger partial charge >= 0.3 is 0 Å². The van der Waals surface area contributed by atoms with Crippen molar-refractivity contribution in [3.05, 3.63) is 0 Å². The predicted molar refractivity (Wildman–Crippen MR) is 34.8 cm³/mol. The summed E-state index contributed by atoms with van der Waals surface area (Å²) < 4.78 is 0. The molecule has 0 heterocycles. The van der Waals surface area contributed by atoms with E-state index in [1.807, 2.05) is 6.92 Å². The Labute approximate surface area is 53.3 Å². The number of carbonyl (C=O) groups is 1. The molecule has 0 aliphatic heterocycles. The molecule has 0 rings (SSSR count). The van der Waals surface area contributed by atoms with Crippen molar-refractivity contribution in [2.75, 3.05) is 12.4 Å². The first kappa shape index (κ1) is 7.98. The van der Waals surface area contributed by atoms with Crippen LogP contribution in [0.4, 0.5) is 0 Å². The fourth-order valence-corrected chi connectivity index (χ4v) is 0.785. The molecular weight excluding hydrogens is 124 g/mol. The summed E-state index contributed by atoms with van der Waals surface area (Å²) in [6.07, 6.45) is 0.983. The van der Waals surface area contributed by atoms with Gasteiger partial charge in [0.15, 0.2) is 0 Å². The molecule has 3 heteroatoms. The molecule has 0 aromatic rings. The van der Waals surface area contributed by atoms with Crippen LogP contribution in [0.25, 0.3) is 0 Å². The molecule has 2 nitrogen and oxygen atoms in total. The lowest BCUT2D eigenvalue weighted by Crippen LogP contribution is -1.97. The van der Waals surface area contributed by atoms with E-state index in [0.717, 1.165) is 12.2 Å². The number of carbonyl (C=O) groups excluding carboxylic acids is 1.